The highest BCUT2D eigenvalue weighted by Gasteiger charge is 2.42. The smallest absolute Gasteiger partial charge is 0.373 e. The topological polar surface area (TPSA) is 54.0 Å². The summed E-state index contributed by atoms with van der Waals surface area (Å²) in [5, 5.41) is 1.000. The van der Waals surface area contributed by atoms with Gasteiger partial charge in [0.25, 0.3) is 0 Å². The first-order valence-electron chi connectivity index (χ1n) is 8.39. The Kier molecular flexibility index (Phi) is 11.5. The van der Waals surface area contributed by atoms with Crippen LogP contribution in [0.15, 0.2) is 30.3 Å². The summed E-state index contributed by atoms with van der Waals surface area (Å²) >= 11 is 11.3. The second-order valence-electron chi connectivity index (χ2n) is 5.11. The quantitative estimate of drug-likeness (QED) is 0.253. The minimum atomic E-state index is -3.31. The largest absolute Gasteiger partial charge is 0.391 e. The van der Waals surface area contributed by atoms with Gasteiger partial charge in [0.1, 0.15) is 0 Å². The molecule has 0 aromatic heterocycles. The number of alkyl halides is 2. The molecule has 0 aliphatic heterocycles. The van der Waals surface area contributed by atoms with Gasteiger partial charge in [0.2, 0.25) is 0 Å². The van der Waals surface area contributed by atoms with E-state index in [-0.39, 0.29) is 31.1 Å². The van der Waals surface area contributed by atoms with Crippen molar-refractivity contribution in [1.82, 2.24) is 0 Å². The van der Waals surface area contributed by atoms with E-state index in [9.17, 15) is 4.57 Å². The maximum atomic E-state index is 13.0. The molecule has 1 aromatic carbocycles. The molecular weight excluding hydrogens is 402 g/mol. The molecule has 0 radical (unpaired) electrons. The normalized spacial score (nSPS) is 12.5. The lowest BCUT2D eigenvalue weighted by Gasteiger charge is -2.31. The Morgan fingerprint density at radius 3 is 1.92 bits per heavy atom. The molecule has 0 aliphatic carbocycles. The van der Waals surface area contributed by atoms with Crippen LogP contribution in [0.2, 0.25) is 6.04 Å². The molecule has 0 amide bonds. The molecule has 25 heavy (non-hydrogen) atoms. The molecule has 144 valence electrons. The van der Waals surface area contributed by atoms with Gasteiger partial charge in [-0.1, -0.05) is 30.3 Å². The van der Waals surface area contributed by atoms with E-state index in [4.69, 9.17) is 41.1 Å². The van der Waals surface area contributed by atoms with E-state index in [0.29, 0.717) is 19.3 Å². The van der Waals surface area contributed by atoms with Gasteiger partial charge in [0.15, 0.2) is 0 Å². The van der Waals surface area contributed by atoms with E-state index in [0.717, 1.165) is 5.19 Å². The second-order valence-corrected chi connectivity index (χ2v) is 11.2. The molecule has 0 aliphatic rings. The zero-order chi connectivity index (χ0) is 18.6. The van der Waals surface area contributed by atoms with Crippen molar-refractivity contribution in [2.24, 2.45) is 0 Å². The van der Waals surface area contributed by atoms with E-state index in [1.165, 1.54) is 0 Å². The highest BCUT2D eigenvalue weighted by Crippen LogP contribution is 2.49. The second kappa shape index (κ2) is 12.5. The Morgan fingerprint density at radius 2 is 1.48 bits per heavy atom. The lowest BCUT2D eigenvalue weighted by Crippen LogP contribution is -2.54. The molecule has 0 saturated carbocycles. The van der Waals surface area contributed by atoms with Gasteiger partial charge < -0.3 is 17.9 Å². The third kappa shape index (κ3) is 7.69. The maximum Gasteiger partial charge on any atom is 0.373 e. The Balaban J connectivity index is 3.00. The summed E-state index contributed by atoms with van der Waals surface area (Å²) < 4.78 is 36.0. The molecule has 0 N–H and O–H groups in total. The third-order valence-electron chi connectivity index (χ3n) is 3.41. The van der Waals surface area contributed by atoms with Crippen LogP contribution < -0.4 is 5.19 Å². The number of rotatable bonds is 14. The SMILES string of the molecule is CCO[Si](CCP(=O)(OCCCl)OCCCl)(OCC)c1ccccc1. The summed E-state index contributed by atoms with van der Waals surface area (Å²) in [5.41, 5.74) is 0. The fraction of sp³-hybridized carbons (Fsp3) is 0.625. The summed E-state index contributed by atoms with van der Waals surface area (Å²) in [5.74, 6) is 0.485. The molecule has 9 heteroatoms. The number of benzene rings is 1. The lowest BCUT2D eigenvalue weighted by atomic mass is 10.4. The molecule has 0 spiro atoms. The van der Waals surface area contributed by atoms with Crippen molar-refractivity contribution >= 4 is 44.5 Å². The van der Waals surface area contributed by atoms with E-state index in [1.807, 2.05) is 44.2 Å². The van der Waals surface area contributed by atoms with Crippen LogP contribution in [0.25, 0.3) is 0 Å². The average Bonchev–Trinajstić information content (AvgIpc) is 2.64. The molecule has 1 rings (SSSR count). The Hall–Kier alpha value is 0.0869. The first-order valence-corrected chi connectivity index (χ1v) is 13.2. The summed E-state index contributed by atoms with van der Waals surface area (Å²) in [6.45, 7) is 5.19. The molecule has 0 bridgehead atoms. The van der Waals surface area contributed by atoms with Crippen molar-refractivity contribution in [1.29, 1.82) is 0 Å². The van der Waals surface area contributed by atoms with E-state index in [2.05, 4.69) is 0 Å². The number of hydrogen-bond acceptors (Lipinski definition) is 5. The monoisotopic (exact) mass is 428 g/mol. The van der Waals surface area contributed by atoms with Crippen molar-refractivity contribution < 1.29 is 22.5 Å². The highest BCUT2D eigenvalue weighted by molar-refractivity contribution is 7.54. The van der Waals surface area contributed by atoms with E-state index >= 15 is 0 Å². The molecule has 0 atom stereocenters. The van der Waals surface area contributed by atoms with Gasteiger partial charge in [-0.2, -0.15) is 0 Å². The van der Waals surface area contributed by atoms with Crippen LogP contribution in [-0.2, 0) is 22.5 Å². The third-order valence-corrected chi connectivity index (χ3v) is 9.70. The Labute approximate surface area is 161 Å². The van der Waals surface area contributed by atoms with Crippen LogP contribution in [0, 0.1) is 0 Å². The minimum Gasteiger partial charge on any atom is -0.391 e. The molecular formula is C16H27Cl2O5PSi. The van der Waals surface area contributed by atoms with Gasteiger partial charge in [0, 0.05) is 31.0 Å². The van der Waals surface area contributed by atoms with Gasteiger partial charge in [-0.05, 0) is 19.0 Å². The molecule has 0 unspecified atom stereocenters. The number of hydrogen-bond donors (Lipinski definition) is 0. The number of halogens is 2. The van der Waals surface area contributed by atoms with Gasteiger partial charge in [-0.3, -0.25) is 4.57 Å². The van der Waals surface area contributed by atoms with Crippen molar-refractivity contribution in [3.63, 3.8) is 0 Å². The van der Waals surface area contributed by atoms with Crippen LogP contribution in [0.4, 0.5) is 0 Å². The predicted octanol–water partition coefficient (Wildman–Crippen LogP) is 4.11. The standard InChI is InChI=1S/C16H27Cl2O5PSi/c1-3-22-25(23-4-2,16-8-6-5-7-9-16)15-14-24(19,20-12-10-17)21-13-11-18/h5-9H,3-4,10-15H2,1-2H3. The van der Waals surface area contributed by atoms with Crippen molar-refractivity contribution in [2.75, 3.05) is 44.3 Å². The van der Waals surface area contributed by atoms with E-state index < -0.39 is 16.2 Å². The predicted molar refractivity (Wildman–Crippen MR) is 106 cm³/mol. The van der Waals surface area contributed by atoms with Gasteiger partial charge in [0.05, 0.1) is 19.4 Å². The average molecular weight is 429 g/mol. The van der Waals surface area contributed by atoms with Crippen molar-refractivity contribution in [3.05, 3.63) is 30.3 Å². The molecule has 1 aromatic rings. The Morgan fingerprint density at radius 1 is 0.960 bits per heavy atom. The first-order chi connectivity index (χ1) is 12.1. The summed E-state index contributed by atoms with van der Waals surface area (Å²) in [7, 11) is -6.07. The summed E-state index contributed by atoms with van der Waals surface area (Å²) in [4.78, 5) is 0. The first kappa shape index (κ1) is 23.1. The van der Waals surface area contributed by atoms with Crippen LogP contribution >= 0.6 is 30.8 Å². The fourth-order valence-corrected chi connectivity index (χ4v) is 8.79. The summed E-state index contributed by atoms with van der Waals surface area (Å²) in [6.07, 6.45) is 0.196. The van der Waals surface area contributed by atoms with Gasteiger partial charge >= 0.3 is 16.2 Å². The molecule has 0 fully saturated rings. The fourth-order valence-electron chi connectivity index (χ4n) is 2.45. The Bertz CT molecular complexity index is 503. The molecule has 0 saturated heterocycles. The van der Waals surface area contributed by atoms with Gasteiger partial charge in [-0.15, -0.1) is 23.2 Å². The molecule has 5 nitrogen and oxygen atoms in total. The zero-order valence-electron chi connectivity index (χ0n) is 14.8. The van der Waals surface area contributed by atoms with Crippen LogP contribution in [-0.4, -0.2) is 52.9 Å². The highest BCUT2D eigenvalue weighted by atomic mass is 35.5. The van der Waals surface area contributed by atoms with Crippen LogP contribution in [0.1, 0.15) is 13.8 Å². The van der Waals surface area contributed by atoms with Crippen molar-refractivity contribution in [2.45, 2.75) is 19.9 Å². The zero-order valence-corrected chi connectivity index (χ0v) is 18.2. The van der Waals surface area contributed by atoms with E-state index in [1.54, 1.807) is 0 Å². The maximum absolute atomic E-state index is 13.0. The van der Waals surface area contributed by atoms with Crippen molar-refractivity contribution in [3.8, 4) is 0 Å². The van der Waals surface area contributed by atoms with Gasteiger partial charge in [-0.25, -0.2) is 0 Å². The minimum absolute atomic E-state index is 0.157. The summed E-state index contributed by atoms with van der Waals surface area (Å²) in [6, 6.07) is 10.3. The van der Waals surface area contributed by atoms with Crippen LogP contribution in [0.3, 0.4) is 0 Å². The molecule has 0 heterocycles. The lowest BCUT2D eigenvalue weighted by molar-refractivity contribution is 0.193. The van der Waals surface area contributed by atoms with Crippen LogP contribution in [0.5, 0.6) is 0 Å².